The first-order valence-electron chi connectivity index (χ1n) is 7.56. The monoisotopic (exact) mass is 314 g/mol. The summed E-state index contributed by atoms with van der Waals surface area (Å²) in [5.74, 6) is -0.856. The third-order valence-electron chi connectivity index (χ3n) is 4.01. The van der Waals surface area contributed by atoms with Crippen molar-refractivity contribution in [3.8, 4) is 0 Å². The highest BCUT2D eigenvalue weighted by molar-refractivity contribution is 5.97. The molecule has 0 aromatic carbocycles. The van der Waals surface area contributed by atoms with Gasteiger partial charge in [-0.05, 0) is 31.9 Å². The molecule has 2 amide bonds. The highest BCUT2D eigenvalue weighted by Gasteiger charge is 2.24. The zero-order valence-electron chi connectivity index (χ0n) is 12.9. The smallest absolute Gasteiger partial charge is 0.259 e. The van der Waals surface area contributed by atoms with Gasteiger partial charge >= 0.3 is 0 Å². The number of fused-ring (bicyclic) bond motifs is 1. The second-order valence-electron chi connectivity index (χ2n) is 5.79. The van der Waals surface area contributed by atoms with Crippen LogP contribution in [0.2, 0.25) is 0 Å². The predicted molar refractivity (Wildman–Crippen MR) is 85.1 cm³/mol. The topological polar surface area (TPSA) is 98.3 Å². The molecule has 1 aliphatic rings. The number of hydrogen-bond donors (Lipinski definition) is 1. The van der Waals surface area contributed by atoms with Crippen molar-refractivity contribution in [3.63, 3.8) is 0 Å². The van der Waals surface area contributed by atoms with Gasteiger partial charge in [-0.25, -0.2) is 4.98 Å². The molecule has 7 nitrogen and oxygen atoms in total. The van der Waals surface area contributed by atoms with E-state index >= 15 is 0 Å². The molecule has 3 rings (SSSR count). The molecule has 2 aromatic heterocycles. The SMILES string of the molecule is Cc1ccc2c(=O)c(C(=O)N3CCCC3)cn(CC(N)=O)c2n1. The summed E-state index contributed by atoms with van der Waals surface area (Å²) < 4.78 is 1.48. The summed E-state index contributed by atoms with van der Waals surface area (Å²) in [5.41, 5.74) is 6.07. The molecule has 1 saturated heterocycles. The molecule has 0 atom stereocenters. The summed E-state index contributed by atoms with van der Waals surface area (Å²) in [6.45, 7) is 2.96. The van der Waals surface area contributed by atoms with Crippen LogP contribution in [0.3, 0.4) is 0 Å². The van der Waals surface area contributed by atoms with Gasteiger partial charge in [0.25, 0.3) is 5.91 Å². The van der Waals surface area contributed by atoms with Crippen LogP contribution in [0.25, 0.3) is 11.0 Å². The van der Waals surface area contributed by atoms with E-state index in [9.17, 15) is 14.4 Å². The average Bonchev–Trinajstić information content (AvgIpc) is 3.03. The van der Waals surface area contributed by atoms with Crippen molar-refractivity contribution < 1.29 is 9.59 Å². The molecule has 0 unspecified atom stereocenters. The predicted octanol–water partition coefficient (Wildman–Crippen LogP) is 0.426. The Morgan fingerprint density at radius 3 is 2.61 bits per heavy atom. The van der Waals surface area contributed by atoms with Gasteiger partial charge in [-0.15, -0.1) is 0 Å². The van der Waals surface area contributed by atoms with E-state index in [0.29, 0.717) is 29.8 Å². The molecule has 1 aliphatic heterocycles. The Balaban J connectivity index is 2.20. The first-order valence-corrected chi connectivity index (χ1v) is 7.56. The quantitative estimate of drug-likeness (QED) is 0.888. The highest BCUT2D eigenvalue weighted by atomic mass is 16.2. The van der Waals surface area contributed by atoms with Gasteiger partial charge in [0.05, 0.1) is 5.39 Å². The van der Waals surface area contributed by atoms with Gasteiger partial charge in [0.15, 0.2) is 0 Å². The van der Waals surface area contributed by atoms with Crippen LogP contribution in [-0.4, -0.2) is 39.4 Å². The Labute approximate surface area is 132 Å². The van der Waals surface area contributed by atoms with Crippen LogP contribution in [0, 0.1) is 6.92 Å². The minimum absolute atomic E-state index is 0.0614. The van der Waals surface area contributed by atoms with Crippen LogP contribution < -0.4 is 11.2 Å². The van der Waals surface area contributed by atoms with Gasteiger partial charge in [0.1, 0.15) is 17.8 Å². The third-order valence-corrected chi connectivity index (χ3v) is 4.01. The fourth-order valence-electron chi connectivity index (χ4n) is 2.89. The number of nitrogens with zero attached hydrogens (tertiary/aromatic N) is 3. The fourth-order valence-corrected chi connectivity index (χ4v) is 2.89. The lowest BCUT2D eigenvalue weighted by molar-refractivity contribution is -0.118. The number of aromatic nitrogens is 2. The van der Waals surface area contributed by atoms with Crippen LogP contribution >= 0.6 is 0 Å². The maximum Gasteiger partial charge on any atom is 0.259 e. The summed E-state index contributed by atoms with van der Waals surface area (Å²) in [7, 11) is 0. The second kappa shape index (κ2) is 5.83. The van der Waals surface area contributed by atoms with Crippen molar-refractivity contribution in [2.24, 2.45) is 5.73 Å². The number of pyridine rings is 2. The van der Waals surface area contributed by atoms with E-state index in [1.807, 2.05) is 0 Å². The maximum atomic E-state index is 12.7. The fraction of sp³-hybridized carbons (Fsp3) is 0.375. The Kier molecular flexibility index (Phi) is 3.85. The van der Waals surface area contributed by atoms with E-state index in [4.69, 9.17) is 5.73 Å². The van der Waals surface area contributed by atoms with Crippen molar-refractivity contribution in [1.82, 2.24) is 14.5 Å². The highest BCUT2D eigenvalue weighted by Crippen LogP contribution is 2.15. The molecular weight excluding hydrogens is 296 g/mol. The lowest BCUT2D eigenvalue weighted by Gasteiger charge is -2.17. The summed E-state index contributed by atoms with van der Waals surface area (Å²) in [6, 6.07) is 3.35. The number of likely N-dealkylation sites (tertiary alicyclic amines) is 1. The number of carbonyl (C=O) groups is 2. The number of carbonyl (C=O) groups excluding carboxylic acids is 2. The Morgan fingerprint density at radius 2 is 1.96 bits per heavy atom. The van der Waals surface area contributed by atoms with Gasteiger partial charge < -0.3 is 15.2 Å². The van der Waals surface area contributed by atoms with Crippen LogP contribution in [0.1, 0.15) is 28.9 Å². The molecule has 0 spiro atoms. The molecule has 120 valence electrons. The number of primary amides is 1. The zero-order chi connectivity index (χ0) is 16.6. The van der Waals surface area contributed by atoms with E-state index in [-0.39, 0.29) is 23.4 Å². The van der Waals surface area contributed by atoms with Crippen LogP contribution in [0.15, 0.2) is 23.1 Å². The first kappa shape index (κ1) is 15.2. The molecule has 0 aliphatic carbocycles. The largest absolute Gasteiger partial charge is 0.368 e. The number of aryl methyl sites for hydroxylation is 1. The lowest BCUT2D eigenvalue weighted by Crippen LogP contribution is -2.33. The van der Waals surface area contributed by atoms with Gasteiger partial charge in [0, 0.05) is 25.0 Å². The molecule has 2 aromatic rings. The maximum absolute atomic E-state index is 12.7. The normalized spacial score (nSPS) is 14.4. The van der Waals surface area contributed by atoms with Gasteiger partial charge in [-0.2, -0.15) is 0 Å². The van der Waals surface area contributed by atoms with Crippen LogP contribution in [-0.2, 0) is 11.3 Å². The zero-order valence-corrected chi connectivity index (χ0v) is 12.9. The van der Waals surface area contributed by atoms with E-state index < -0.39 is 5.91 Å². The molecule has 0 bridgehead atoms. The van der Waals surface area contributed by atoms with Gasteiger partial charge in [0.2, 0.25) is 11.3 Å². The van der Waals surface area contributed by atoms with Crippen molar-refractivity contribution in [2.75, 3.05) is 13.1 Å². The molecule has 23 heavy (non-hydrogen) atoms. The van der Waals surface area contributed by atoms with Crippen molar-refractivity contribution in [2.45, 2.75) is 26.3 Å². The molecule has 3 heterocycles. The van der Waals surface area contributed by atoms with Gasteiger partial charge in [-0.1, -0.05) is 0 Å². The number of hydrogen-bond acceptors (Lipinski definition) is 4. The summed E-state index contributed by atoms with van der Waals surface area (Å²) >= 11 is 0. The molecular formula is C16H18N4O3. The third kappa shape index (κ3) is 2.81. The van der Waals surface area contributed by atoms with E-state index in [1.165, 1.54) is 10.8 Å². The summed E-state index contributed by atoms with van der Waals surface area (Å²) in [4.78, 5) is 42.6. The molecule has 0 saturated carbocycles. The van der Waals surface area contributed by atoms with Crippen molar-refractivity contribution in [1.29, 1.82) is 0 Å². The van der Waals surface area contributed by atoms with Crippen molar-refractivity contribution >= 4 is 22.8 Å². The number of rotatable bonds is 3. The Hall–Kier alpha value is -2.70. The summed E-state index contributed by atoms with van der Waals surface area (Å²) in [5, 5.41) is 0.321. The second-order valence-corrected chi connectivity index (χ2v) is 5.79. The minimum atomic E-state index is -0.558. The number of amides is 2. The Morgan fingerprint density at radius 1 is 1.26 bits per heavy atom. The Bertz CT molecular complexity index is 850. The van der Waals surface area contributed by atoms with Crippen LogP contribution in [0.4, 0.5) is 0 Å². The average molecular weight is 314 g/mol. The minimum Gasteiger partial charge on any atom is -0.368 e. The molecule has 1 fully saturated rings. The summed E-state index contributed by atoms with van der Waals surface area (Å²) in [6.07, 6.45) is 3.29. The molecule has 7 heteroatoms. The van der Waals surface area contributed by atoms with E-state index in [1.54, 1.807) is 24.0 Å². The van der Waals surface area contributed by atoms with Gasteiger partial charge in [-0.3, -0.25) is 14.4 Å². The number of nitrogens with two attached hydrogens (primary N) is 1. The molecule has 2 N–H and O–H groups in total. The lowest BCUT2D eigenvalue weighted by atomic mass is 10.1. The standard InChI is InChI=1S/C16H18N4O3/c1-10-4-5-11-14(22)12(16(23)19-6-2-3-7-19)8-20(9-13(17)21)15(11)18-10/h4-5,8H,2-3,6-7,9H2,1H3,(H2,17,21). The molecule has 0 radical (unpaired) electrons. The van der Waals surface area contributed by atoms with Crippen molar-refractivity contribution in [3.05, 3.63) is 39.8 Å². The van der Waals surface area contributed by atoms with Crippen LogP contribution in [0.5, 0.6) is 0 Å². The van der Waals surface area contributed by atoms with E-state index in [0.717, 1.165) is 12.8 Å². The first-order chi connectivity index (χ1) is 11.0. The van der Waals surface area contributed by atoms with E-state index in [2.05, 4.69) is 4.98 Å².